The van der Waals surface area contributed by atoms with Crippen LogP contribution in [0.5, 0.6) is 0 Å². The molecule has 0 saturated carbocycles. The van der Waals surface area contributed by atoms with Gasteiger partial charge < -0.3 is 14.4 Å². The number of carbonyl (C=O) groups is 2. The first-order valence-electron chi connectivity index (χ1n) is 10.4. The number of carbonyl (C=O) groups excluding carboxylic acids is 2. The normalized spacial score (nSPS) is 31.5. The van der Waals surface area contributed by atoms with Gasteiger partial charge in [-0.1, -0.05) is 57.2 Å². The second-order valence-corrected chi connectivity index (χ2v) is 8.36. The number of hydrogen-bond donors (Lipinski definition) is 0. The average molecular weight is 383 g/mol. The predicted octanol–water partition coefficient (Wildman–Crippen LogP) is 3.61. The van der Waals surface area contributed by atoms with E-state index in [-0.39, 0.29) is 24.0 Å². The zero-order valence-corrected chi connectivity index (χ0v) is 17.1. The fourth-order valence-electron chi connectivity index (χ4n) is 5.04. The van der Waals surface area contributed by atoms with Gasteiger partial charge in [0, 0.05) is 0 Å². The molecule has 5 heteroatoms. The number of ether oxygens (including phenoxy) is 2. The highest BCUT2D eigenvalue weighted by Gasteiger charge is 2.67. The van der Waals surface area contributed by atoms with Crippen molar-refractivity contribution in [2.75, 3.05) is 13.2 Å². The summed E-state index contributed by atoms with van der Waals surface area (Å²) in [5.41, 5.74) is 1.72. The Morgan fingerprint density at radius 2 is 1.93 bits per heavy atom. The summed E-state index contributed by atoms with van der Waals surface area (Å²) in [4.78, 5) is 27.9. The van der Waals surface area contributed by atoms with E-state index in [9.17, 15) is 9.59 Å². The Morgan fingerprint density at radius 3 is 2.54 bits per heavy atom. The summed E-state index contributed by atoms with van der Waals surface area (Å²) in [5, 5.41) is 0. The summed E-state index contributed by atoms with van der Waals surface area (Å²) >= 11 is 0. The lowest BCUT2D eigenvalue weighted by atomic mass is 9.77. The molecule has 1 aromatic rings. The number of benzene rings is 1. The minimum Gasteiger partial charge on any atom is -0.466 e. The quantitative estimate of drug-likeness (QED) is 0.556. The molecule has 1 amide bonds. The van der Waals surface area contributed by atoms with Crippen LogP contribution in [0.15, 0.2) is 36.4 Å². The standard InChI is InChI=1S/C23H29NO4/c1-5-17(16-9-7-15(8-10-16)14(3)4)24-13-23-12-11-18(28-23)19(20(23)21(24)25)22(26)27-6-2/h7-12,14,17-20H,5-6,13H2,1-4H3. The van der Waals surface area contributed by atoms with E-state index in [2.05, 4.69) is 45.0 Å². The van der Waals surface area contributed by atoms with E-state index < -0.39 is 17.4 Å². The molecule has 0 radical (unpaired) electrons. The van der Waals surface area contributed by atoms with Crippen molar-refractivity contribution in [2.24, 2.45) is 11.8 Å². The van der Waals surface area contributed by atoms with Gasteiger partial charge in [0.05, 0.1) is 31.2 Å². The summed E-state index contributed by atoms with van der Waals surface area (Å²) < 4.78 is 11.4. The molecule has 2 bridgehead atoms. The van der Waals surface area contributed by atoms with Crippen LogP contribution in [0, 0.1) is 11.8 Å². The summed E-state index contributed by atoms with van der Waals surface area (Å²) in [7, 11) is 0. The number of esters is 1. The van der Waals surface area contributed by atoms with Crippen LogP contribution in [0.3, 0.4) is 0 Å². The minimum atomic E-state index is -0.690. The van der Waals surface area contributed by atoms with Crippen molar-refractivity contribution in [1.82, 2.24) is 4.90 Å². The van der Waals surface area contributed by atoms with Crippen LogP contribution in [0.4, 0.5) is 0 Å². The highest BCUT2D eigenvalue weighted by molar-refractivity contribution is 5.91. The lowest BCUT2D eigenvalue weighted by Gasteiger charge is -2.30. The molecule has 5 unspecified atom stereocenters. The maximum Gasteiger partial charge on any atom is 0.312 e. The Morgan fingerprint density at radius 1 is 1.25 bits per heavy atom. The minimum absolute atomic E-state index is 0.00434. The zero-order chi connectivity index (χ0) is 20.1. The van der Waals surface area contributed by atoms with E-state index in [1.54, 1.807) is 6.92 Å². The molecule has 150 valence electrons. The number of amides is 1. The molecule has 1 spiro atoms. The number of fused-ring (bicyclic) bond motifs is 1. The first-order valence-corrected chi connectivity index (χ1v) is 10.4. The van der Waals surface area contributed by atoms with Gasteiger partial charge in [-0.3, -0.25) is 9.59 Å². The molecular weight excluding hydrogens is 354 g/mol. The zero-order valence-electron chi connectivity index (χ0n) is 17.1. The van der Waals surface area contributed by atoms with Crippen LogP contribution in [0.25, 0.3) is 0 Å². The Balaban J connectivity index is 1.62. The van der Waals surface area contributed by atoms with Crippen molar-refractivity contribution in [1.29, 1.82) is 0 Å². The van der Waals surface area contributed by atoms with E-state index in [0.29, 0.717) is 19.1 Å². The largest absolute Gasteiger partial charge is 0.466 e. The maximum absolute atomic E-state index is 13.4. The van der Waals surface area contributed by atoms with Crippen molar-refractivity contribution in [3.63, 3.8) is 0 Å². The van der Waals surface area contributed by atoms with Crippen LogP contribution < -0.4 is 0 Å². The second-order valence-electron chi connectivity index (χ2n) is 8.36. The van der Waals surface area contributed by atoms with Gasteiger partial charge in [0.1, 0.15) is 11.5 Å². The Bertz CT molecular complexity index is 799. The molecule has 1 aromatic carbocycles. The first-order chi connectivity index (χ1) is 13.4. The van der Waals surface area contributed by atoms with Crippen LogP contribution >= 0.6 is 0 Å². The molecular formula is C23H29NO4. The molecule has 2 fully saturated rings. The Kier molecular flexibility index (Phi) is 4.82. The molecule has 3 heterocycles. The van der Waals surface area contributed by atoms with Crippen LogP contribution in [0.2, 0.25) is 0 Å². The van der Waals surface area contributed by atoms with Gasteiger partial charge in [0.25, 0.3) is 0 Å². The third kappa shape index (κ3) is 2.79. The number of hydrogen-bond acceptors (Lipinski definition) is 4. The van der Waals surface area contributed by atoms with Gasteiger partial charge in [-0.15, -0.1) is 0 Å². The molecule has 4 rings (SSSR count). The van der Waals surface area contributed by atoms with Crippen LogP contribution in [-0.4, -0.2) is 41.6 Å². The van der Waals surface area contributed by atoms with Crippen molar-refractivity contribution >= 4 is 11.9 Å². The fraction of sp³-hybridized carbons (Fsp3) is 0.565. The summed E-state index contributed by atoms with van der Waals surface area (Å²) in [5.74, 6) is -0.869. The number of rotatable bonds is 6. The molecule has 28 heavy (non-hydrogen) atoms. The molecule has 0 aromatic heterocycles. The topological polar surface area (TPSA) is 55.8 Å². The Hall–Kier alpha value is -2.14. The number of likely N-dealkylation sites (tertiary alicyclic amines) is 1. The van der Waals surface area contributed by atoms with Gasteiger partial charge in [0.15, 0.2) is 0 Å². The second kappa shape index (κ2) is 7.03. The summed E-state index contributed by atoms with van der Waals surface area (Å²) in [6.45, 7) is 9.02. The summed E-state index contributed by atoms with van der Waals surface area (Å²) in [6, 6.07) is 8.52. The van der Waals surface area contributed by atoms with Gasteiger partial charge in [-0.2, -0.15) is 0 Å². The van der Waals surface area contributed by atoms with Crippen LogP contribution in [-0.2, 0) is 19.1 Å². The van der Waals surface area contributed by atoms with Gasteiger partial charge in [-0.05, 0) is 30.4 Å². The van der Waals surface area contributed by atoms with E-state index >= 15 is 0 Å². The fourth-order valence-corrected chi connectivity index (χ4v) is 5.04. The molecule has 3 aliphatic rings. The van der Waals surface area contributed by atoms with Crippen molar-refractivity contribution < 1.29 is 19.1 Å². The maximum atomic E-state index is 13.4. The lowest BCUT2D eigenvalue weighted by Crippen LogP contribution is -2.40. The average Bonchev–Trinajstić information content (AvgIpc) is 3.32. The number of nitrogens with zero attached hydrogens (tertiary/aromatic N) is 1. The first kappa shape index (κ1) is 19.2. The Labute approximate surface area is 166 Å². The molecule has 5 nitrogen and oxygen atoms in total. The molecule has 0 N–H and O–H groups in total. The lowest BCUT2D eigenvalue weighted by molar-refractivity contribution is -0.153. The molecule has 5 atom stereocenters. The summed E-state index contributed by atoms with van der Waals surface area (Å²) in [6.07, 6.45) is 4.38. The van der Waals surface area contributed by atoms with E-state index in [4.69, 9.17) is 9.47 Å². The third-order valence-corrected chi connectivity index (χ3v) is 6.44. The third-order valence-electron chi connectivity index (χ3n) is 6.44. The van der Waals surface area contributed by atoms with Gasteiger partial charge in [0.2, 0.25) is 5.91 Å². The van der Waals surface area contributed by atoms with Gasteiger partial charge in [-0.25, -0.2) is 0 Å². The smallest absolute Gasteiger partial charge is 0.312 e. The van der Waals surface area contributed by atoms with E-state index in [1.165, 1.54) is 5.56 Å². The van der Waals surface area contributed by atoms with Crippen LogP contribution in [0.1, 0.15) is 57.2 Å². The highest BCUT2D eigenvalue weighted by Crippen LogP contribution is 2.53. The highest BCUT2D eigenvalue weighted by atomic mass is 16.6. The van der Waals surface area contributed by atoms with Crippen molar-refractivity contribution in [3.05, 3.63) is 47.5 Å². The molecule has 2 saturated heterocycles. The molecule has 0 aliphatic carbocycles. The molecule has 3 aliphatic heterocycles. The SMILES string of the molecule is CCOC(=O)C1C2C=CC3(CN(C(CC)c4ccc(C(C)C)cc4)C(=O)C13)O2. The van der Waals surface area contributed by atoms with Crippen molar-refractivity contribution in [3.8, 4) is 0 Å². The van der Waals surface area contributed by atoms with E-state index in [1.807, 2.05) is 17.1 Å². The van der Waals surface area contributed by atoms with Crippen molar-refractivity contribution in [2.45, 2.75) is 57.8 Å². The van der Waals surface area contributed by atoms with E-state index in [0.717, 1.165) is 12.0 Å². The monoisotopic (exact) mass is 383 g/mol. The predicted molar refractivity (Wildman–Crippen MR) is 106 cm³/mol. The van der Waals surface area contributed by atoms with Gasteiger partial charge >= 0.3 is 5.97 Å².